The number of nitrogens with one attached hydrogen (secondary N) is 1. The van der Waals surface area contributed by atoms with E-state index in [9.17, 15) is 4.79 Å². The first-order chi connectivity index (χ1) is 9.20. The molecular weight excluding hydrogens is 280 g/mol. The van der Waals surface area contributed by atoms with Gasteiger partial charge in [0.25, 0.3) is 5.56 Å². The summed E-state index contributed by atoms with van der Waals surface area (Å²) >= 11 is 3.06. The molecule has 3 N–H and O–H groups in total. The maximum atomic E-state index is 11.3. The molecule has 1 aromatic carbocycles. The first-order valence-corrected chi connectivity index (χ1v) is 7.35. The van der Waals surface area contributed by atoms with Crippen LogP contribution in [-0.2, 0) is 5.75 Å². The van der Waals surface area contributed by atoms with Crippen molar-refractivity contribution < 1.29 is 0 Å². The number of thioether (sulfide) groups is 1. The lowest BCUT2D eigenvalue weighted by Crippen LogP contribution is -2.09. The number of aromatic nitrogens is 3. The number of hydrogen-bond acceptors (Lipinski definition) is 6. The lowest BCUT2D eigenvalue weighted by Gasteiger charge is -1.98. The second kappa shape index (κ2) is 5.02. The summed E-state index contributed by atoms with van der Waals surface area (Å²) in [5.74, 6) is 0.890. The summed E-state index contributed by atoms with van der Waals surface area (Å²) in [6.07, 6.45) is 0. The van der Waals surface area contributed by atoms with E-state index in [2.05, 4.69) is 15.0 Å². The summed E-state index contributed by atoms with van der Waals surface area (Å²) in [6, 6.07) is 9.26. The van der Waals surface area contributed by atoms with Crippen LogP contribution in [0.4, 0.5) is 5.82 Å². The molecule has 2 heterocycles. The average molecular weight is 290 g/mol. The van der Waals surface area contributed by atoms with Crippen molar-refractivity contribution in [2.75, 3.05) is 5.73 Å². The van der Waals surface area contributed by atoms with Crippen LogP contribution in [0.3, 0.4) is 0 Å². The summed E-state index contributed by atoms with van der Waals surface area (Å²) < 4.78 is 1.16. The van der Waals surface area contributed by atoms with Gasteiger partial charge in [-0.3, -0.25) is 4.79 Å². The van der Waals surface area contributed by atoms with Gasteiger partial charge in [0.05, 0.1) is 16.0 Å². The van der Waals surface area contributed by atoms with Crippen LogP contribution in [0.15, 0.2) is 40.3 Å². The Bertz CT molecular complexity index is 747. The van der Waals surface area contributed by atoms with Gasteiger partial charge in [0.1, 0.15) is 10.8 Å². The third-order valence-electron chi connectivity index (χ3n) is 2.41. The summed E-state index contributed by atoms with van der Waals surface area (Å²) in [4.78, 5) is 22.5. The Hall–Kier alpha value is -1.86. The molecule has 0 amide bonds. The van der Waals surface area contributed by atoms with E-state index in [1.165, 1.54) is 17.8 Å². The molecule has 0 saturated heterocycles. The predicted molar refractivity (Wildman–Crippen MR) is 78.5 cm³/mol. The number of rotatable bonds is 3. The zero-order chi connectivity index (χ0) is 13.2. The number of benzene rings is 1. The summed E-state index contributed by atoms with van der Waals surface area (Å²) in [6.45, 7) is 0. The van der Waals surface area contributed by atoms with E-state index in [-0.39, 0.29) is 11.4 Å². The Morgan fingerprint density at radius 1 is 1.32 bits per heavy atom. The van der Waals surface area contributed by atoms with Gasteiger partial charge < -0.3 is 10.7 Å². The normalized spacial score (nSPS) is 10.9. The first-order valence-electron chi connectivity index (χ1n) is 5.55. The van der Waals surface area contributed by atoms with Crippen molar-refractivity contribution >= 4 is 39.1 Å². The molecule has 0 saturated carbocycles. The molecule has 3 aromatic rings. The SMILES string of the molecule is Nc1cc(=O)[nH]c(SCc2nc3ccccc3s2)n1. The highest BCUT2D eigenvalue weighted by atomic mass is 32.2. The zero-order valence-electron chi connectivity index (χ0n) is 9.79. The fourth-order valence-electron chi connectivity index (χ4n) is 1.63. The monoisotopic (exact) mass is 290 g/mol. The van der Waals surface area contributed by atoms with Crippen molar-refractivity contribution in [3.63, 3.8) is 0 Å². The van der Waals surface area contributed by atoms with Crippen molar-refractivity contribution in [2.24, 2.45) is 0 Å². The molecule has 0 atom stereocenters. The van der Waals surface area contributed by atoms with Gasteiger partial charge in [0.15, 0.2) is 5.16 Å². The standard InChI is InChI=1S/C12H10N4OS2/c13-9-5-10(17)16-12(15-9)18-6-11-14-7-3-1-2-4-8(7)19-11/h1-5H,6H2,(H3,13,15,16,17). The number of para-hydroxylation sites is 1. The van der Waals surface area contributed by atoms with Gasteiger partial charge >= 0.3 is 0 Å². The minimum atomic E-state index is -0.237. The highest BCUT2D eigenvalue weighted by Gasteiger charge is 2.05. The minimum Gasteiger partial charge on any atom is -0.383 e. The van der Waals surface area contributed by atoms with Gasteiger partial charge in [-0.25, -0.2) is 9.97 Å². The molecule has 0 unspecified atom stereocenters. The fourth-order valence-corrected chi connectivity index (χ4v) is 3.48. The topological polar surface area (TPSA) is 84.7 Å². The van der Waals surface area contributed by atoms with Gasteiger partial charge in [0.2, 0.25) is 0 Å². The van der Waals surface area contributed by atoms with E-state index in [1.807, 2.05) is 24.3 Å². The van der Waals surface area contributed by atoms with Crippen LogP contribution in [0.25, 0.3) is 10.2 Å². The Morgan fingerprint density at radius 2 is 2.16 bits per heavy atom. The highest BCUT2D eigenvalue weighted by molar-refractivity contribution is 7.98. The van der Waals surface area contributed by atoms with Gasteiger partial charge in [0, 0.05) is 6.07 Å². The number of fused-ring (bicyclic) bond motifs is 1. The smallest absolute Gasteiger partial charge is 0.253 e. The highest BCUT2D eigenvalue weighted by Crippen LogP contribution is 2.26. The Labute approximate surface area is 116 Å². The molecule has 0 radical (unpaired) electrons. The van der Waals surface area contributed by atoms with E-state index < -0.39 is 0 Å². The van der Waals surface area contributed by atoms with Crippen LogP contribution in [0, 0.1) is 0 Å². The van der Waals surface area contributed by atoms with E-state index in [4.69, 9.17) is 5.73 Å². The Kier molecular flexibility index (Phi) is 3.22. The Morgan fingerprint density at radius 3 is 2.95 bits per heavy atom. The second-order valence-corrected chi connectivity index (χ2v) is 5.92. The number of aromatic amines is 1. The molecule has 5 nitrogen and oxygen atoms in total. The van der Waals surface area contributed by atoms with Crippen molar-refractivity contribution in [2.45, 2.75) is 10.9 Å². The molecule has 2 aromatic heterocycles. The first kappa shape index (κ1) is 12.2. The van der Waals surface area contributed by atoms with E-state index in [0.29, 0.717) is 10.9 Å². The summed E-state index contributed by atoms with van der Waals surface area (Å²) in [7, 11) is 0. The van der Waals surface area contributed by atoms with Crippen LogP contribution in [-0.4, -0.2) is 15.0 Å². The number of hydrogen-bond donors (Lipinski definition) is 2. The molecule has 0 spiro atoms. The molecule has 0 fully saturated rings. The average Bonchev–Trinajstić information content (AvgIpc) is 2.78. The van der Waals surface area contributed by atoms with Crippen molar-refractivity contribution in [3.05, 3.63) is 45.7 Å². The number of nitrogen functional groups attached to an aromatic ring is 1. The van der Waals surface area contributed by atoms with Gasteiger partial charge in [-0.05, 0) is 12.1 Å². The maximum absolute atomic E-state index is 11.3. The summed E-state index contributed by atoms with van der Waals surface area (Å²) in [5.41, 5.74) is 6.29. The molecule has 0 aliphatic rings. The fraction of sp³-hybridized carbons (Fsp3) is 0.0833. The largest absolute Gasteiger partial charge is 0.383 e. The van der Waals surface area contributed by atoms with Gasteiger partial charge in [-0.15, -0.1) is 11.3 Å². The van der Waals surface area contributed by atoms with Crippen molar-refractivity contribution in [1.29, 1.82) is 0 Å². The Balaban J connectivity index is 1.80. The van der Waals surface area contributed by atoms with Crippen LogP contribution in [0.2, 0.25) is 0 Å². The number of nitrogens with two attached hydrogens (primary N) is 1. The lowest BCUT2D eigenvalue weighted by atomic mass is 10.3. The molecule has 96 valence electrons. The number of nitrogens with zero attached hydrogens (tertiary/aromatic N) is 2. The summed E-state index contributed by atoms with van der Waals surface area (Å²) in [5, 5.41) is 1.51. The molecule has 7 heteroatoms. The van der Waals surface area contributed by atoms with Gasteiger partial charge in [-0.2, -0.15) is 0 Å². The molecule has 0 aliphatic carbocycles. The van der Waals surface area contributed by atoms with Crippen LogP contribution in [0.1, 0.15) is 5.01 Å². The second-order valence-electron chi connectivity index (χ2n) is 3.84. The lowest BCUT2D eigenvalue weighted by molar-refractivity contribution is 0.944. The maximum Gasteiger partial charge on any atom is 0.253 e. The molecule has 0 bridgehead atoms. The molecule has 19 heavy (non-hydrogen) atoms. The van der Waals surface area contributed by atoms with Crippen LogP contribution < -0.4 is 11.3 Å². The van der Waals surface area contributed by atoms with E-state index >= 15 is 0 Å². The zero-order valence-corrected chi connectivity index (χ0v) is 11.4. The van der Waals surface area contributed by atoms with E-state index in [1.54, 1.807) is 11.3 Å². The van der Waals surface area contributed by atoms with Gasteiger partial charge in [-0.1, -0.05) is 23.9 Å². The van der Waals surface area contributed by atoms with E-state index in [0.717, 1.165) is 15.2 Å². The molecule has 0 aliphatic heterocycles. The predicted octanol–water partition coefficient (Wildman–Crippen LogP) is 2.25. The number of anilines is 1. The number of thiazole rings is 1. The third-order valence-corrected chi connectivity index (χ3v) is 4.51. The van der Waals surface area contributed by atoms with Crippen LogP contribution >= 0.6 is 23.1 Å². The minimum absolute atomic E-state index is 0.232. The van der Waals surface area contributed by atoms with Crippen LogP contribution in [0.5, 0.6) is 0 Å². The molecular formula is C12H10N4OS2. The number of H-pyrrole nitrogens is 1. The van der Waals surface area contributed by atoms with Crippen molar-refractivity contribution in [3.8, 4) is 0 Å². The quantitative estimate of drug-likeness (QED) is 0.571. The molecule has 3 rings (SSSR count). The third kappa shape index (κ3) is 2.77. The van der Waals surface area contributed by atoms with Crippen molar-refractivity contribution in [1.82, 2.24) is 15.0 Å².